The zero-order valence-corrected chi connectivity index (χ0v) is 12.6. The van der Waals surface area contributed by atoms with Gasteiger partial charge in [0.1, 0.15) is 5.82 Å². The van der Waals surface area contributed by atoms with E-state index in [1.165, 1.54) is 24.5 Å². The molecule has 2 rings (SSSR count). The fourth-order valence-electron chi connectivity index (χ4n) is 2.69. The van der Waals surface area contributed by atoms with Gasteiger partial charge in [0.15, 0.2) is 0 Å². The smallest absolute Gasteiger partial charge is 0.123 e. The maximum Gasteiger partial charge on any atom is 0.123 e. The highest BCUT2D eigenvalue weighted by Gasteiger charge is 2.19. The maximum atomic E-state index is 13.2. The van der Waals surface area contributed by atoms with E-state index in [1.54, 1.807) is 6.07 Å². The topological polar surface area (TPSA) is 15.3 Å². The fourth-order valence-corrected chi connectivity index (χ4v) is 2.69. The average Bonchev–Trinajstić information content (AvgIpc) is 2.37. The number of hydrogen-bond acceptors (Lipinski definition) is 2. The second-order valence-electron chi connectivity index (χ2n) is 5.35. The molecule has 1 aliphatic heterocycles. The molecule has 19 heavy (non-hydrogen) atoms. The number of rotatable bonds is 4. The van der Waals surface area contributed by atoms with Gasteiger partial charge in [0.25, 0.3) is 0 Å². The van der Waals surface area contributed by atoms with Crippen LogP contribution in [-0.4, -0.2) is 31.6 Å². The molecule has 0 amide bonds. The summed E-state index contributed by atoms with van der Waals surface area (Å²) in [5.74, 6) is 0.681. The lowest BCUT2D eigenvalue weighted by atomic mass is 9.96. The quantitative estimate of drug-likeness (QED) is 0.915. The van der Waals surface area contributed by atoms with Gasteiger partial charge in [-0.2, -0.15) is 0 Å². The minimum Gasteiger partial charge on any atom is -0.319 e. The molecule has 1 saturated heterocycles. The molecule has 0 saturated carbocycles. The van der Waals surface area contributed by atoms with E-state index in [-0.39, 0.29) is 18.2 Å². The van der Waals surface area contributed by atoms with Crippen LogP contribution in [0.4, 0.5) is 4.39 Å². The van der Waals surface area contributed by atoms with Crippen LogP contribution >= 0.6 is 12.4 Å². The van der Waals surface area contributed by atoms with Crippen molar-refractivity contribution >= 4 is 12.4 Å². The number of nitrogens with zero attached hydrogens (tertiary/aromatic N) is 1. The summed E-state index contributed by atoms with van der Waals surface area (Å²) in [5.41, 5.74) is 2.32. The van der Waals surface area contributed by atoms with Crippen LogP contribution < -0.4 is 5.32 Å². The normalized spacial score (nSPS) is 17.2. The average molecular weight is 287 g/mol. The number of halogens is 2. The van der Waals surface area contributed by atoms with Crippen LogP contribution in [0.15, 0.2) is 18.2 Å². The Kier molecular flexibility index (Phi) is 6.76. The van der Waals surface area contributed by atoms with Crippen molar-refractivity contribution in [2.45, 2.75) is 26.3 Å². The number of aryl methyl sites for hydroxylation is 1. The summed E-state index contributed by atoms with van der Waals surface area (Å²) in [6.45, 7) is 6.32. The number of piperidine rings is 1. The summed E-state index contributed by atoms with van der Waals surface area (Å²) in [6.07, 6.45) is 2.49. The van der Waals surface area contributed by atoms with Crippen molar-refractivity contribution in [1.82, 2.24) is 10.2 Å². The van der Waals surface area contributed by atoms with Crippen LogP contribution in [0, 0.1) is 18.7 Å². The minimum atomic E-state index is -0.124. The molecule has 0 spiro atoms. The van der Waals surface area contributed by atoms with E-state index in [1.807, 2.05) is 13.1 Å². The highest BCUT2D eigenvalue weighted by atomic mass is 35.5. The summed E-state index contributed by atoms with van der Waals surface area (Å²) >= 11 is 0. The van der Waals surface area contributed by atoms with Gasteiger partial charge < -0.3 is 5.32 Å². The van der Waals surface area contributed by atoms with Gasteiger partial charge in [0, 0.05) is 6.54 Å². The Morgan fingerprint density at radius 1 is 1.32 bits per heavy atom. The first-order valence-electron chi connectivity index (χ1n) is 6.81. The van der Waals surface area contributed by atoms with Crippen LogP contribution in [0.5, 0.6) is 0 Å². The Morgan fingerprint density at radius 2 is 2.00 bits per heavy atom. The second-order valence-corrected chi connectivity index (χ2v) is 5.35. The minimum absolute atomic E-state index is 0. The third-order valence-electron chi connectivity index (χ3n) is 3.91. The van der Waals surface area contributed by atoms with Crippen molar-refractivity contribution in [2.75, 3.05) is 26.7 Å². The molecule has 1 heterocycles. The highest BCUT2D eigenvalue weighted by Crippen LogP contribution is 2.20. The molecule has 2 nitrogen and oxygen atoms in total. The van der Waals surface area contributed by atoms with Crippen molar-refractivity contribution in [3.8, 4) is 0 Å². The lowest BCUT2D eigenvalue weighted by molar-refractivity contribution is 0.176. The van der Waals surface area contributed by atoms with Gasteiger partial charge in [-0.05, 0) is 75.6 Å². The van der Waals surface area contributed by atoms with Gasteiger partial charge in [0.05, 0.1) is 0 Å². The van der Waals surface area contributed by atoms with Crippen LogP contribution in [0.25, 0.3) is 0 Å². The number of hydrogen-bond donors (Lipinski definition) is 1. The van der Waals surface area contributed by atoms with Gasteiger partial charge in [-0.25, -0.2) is 4.39 Å². The standard InChI is InChI=1S/C15H23FN2.ClH/c1-12-3-4-15(16)9-14(12)11-18-7-5-13(6-8-18)10-17-2;/h3-4,9,13,17H,5-8,10-11H2,1-2H3;1H. The SMILES string of the molecule is CNCC1CCN(Cc2cc(F)ccc2C)CC1.Cl. The lowest BCUT2D eigenvalue weighted by Gasteiger charge is -2.32. The number of nitrogens with one attached hydrogen (secondary N) is 1. The van der Waals surface area contributed by atoms with E-state index in [2.05, 4.69) is 17.1 Å². The Bertz CT molecular complexity index is 390. The van der Waals surface area contributed by atoms with E-state index in [9.17, 15) is 4.39 Å². The van der Waals surface area contributed by atoms with E-state index in [4.69, 9.17) is 0 Å². The molecule has 0 bridgehead atoms. The summed E-state index contributed by atoms with van der Waals surface area (Å²) in [6, 6.07) is 5.09. The first-order valence-corrected chi connectivity index (χ1v) is 6.81. The molecule has 1 aliphatic rings. The van der Waals surface area contributed by atoms with Crippen molar-refractivity contribution in [3.05, 3.63) is 35.1 Å². The molecule has 0 aromatic heterocycles. The van der Waals surface area contributed by atoms with Crippen molar-refractivity contribution in [3.63, 3.8) is 0 Å². The third-order valence-corrected chi connectivity index (χ3v) is 3.91. The first-order chi connectivity index (χ1) is 8.69. The molecule has 0 aliphatic carbocycles. The second kappa shape index (κ2) is 7.83. The molecule has 108 valence electrons. The molecule has 0 unspecified atom stereocenters. The van der Waals surface area contributed by atoms with Crippen LogP contribution in [0.3, 0.4) is 0 Å². The van der Waals surface area contributed by atoms with Crippen LogP contribution in [-0.2, 0) is 6.54 Å². The fraction of sp³-hybridized carbons (Fsp3) is 0.600. The Labute approximate surface area is 121 Å². The largest absolute Gasteiger partial charge is 0.319 e. The maximum absolute atomic E-state index is 13.2. The summed E-state index contributed by atoms with van der Waals surface area (Å²) in [4.78, 5) is 2.44. The number of likely N-dealkylation sites (tertiary alicyclic amines) is 1. The Morgan fingerprint density at radius 3 is 2.63 bits per heavy atom. The van der Waals surface area contributed by atoms with Gasteiger partial charge >= 0.3 is 0 Å². The molecule has 4 heteroatoms. The van der Waals surface area contributed by atoms with Crippen LogP contribution in [0.2, 0.25) is 0 Å². The molecule has 1 aromatic rings. The van der Waals surface area contributed by atoms with Crippen molar-refractivity contribution in [1.29, 1.82) is 0 Å². The van der Waals surface area contributed by atoms with Crippen molar-refractivity contribution < 1.29 is 4.39 Å². The van der Waals surface area contributed by atoms with E-state index in [0.29, 0.717) is 0 Å². The molecule has 1 fully saturated rings. The lowest BCUT2D eigenvalue weighted by Crippen LogP contribution is -2.36. The molecule has 1 N–H and O–H groups in total. The molecular formula is C15H24ClFN2. The molecular weight excluding hydrogens is 263 g/mol. The third kappa shape index (κ3) is 4.75. The molecule has 0 atom stereocenters. The van der Waals surface area contributed by atoms with E-state index in [0.717, 1.165) is 37.7 Å². The van der Waals surface area contributed by atoms with E-state index >= 15 is 0 Å². The summed E-state index contributed by atoms with van der Waals surface area (Å²) in [5, 5.41) is 3.25. The predicted molar refractivity (Wildman–Crippen MR) is 80.3 cm³/mol. The van der Waals surface area contributed by atoms with Gasteiger partial charge in [-0.1, -0.05) is 6.07 Å². The summed E-state index contributed by atoms with van der Waals surface area (Å²) in [7, 11) is 2.02. The van der Waals surface area contributed by atoms with Crippen LogP contribution in [0.1, 0.15) is 24.0 Å². The Hall–Kier alpha value is -0.640. The number of benzene rings is 1. The van der Waals surface area contributed by atoms with Gasteiger partial charge in [-0.3, -0.25) is 4.90 Å². The molecule has 0 radical (unpaired) electrons. The van der Waals surface area contributed by atoms with E-state index < -0.39 is 0 Å². The zero-order chi connectivity index (χ0) is 13.0. The van der Waals surface area contributed by atoms with Crippen molar-refractivity contribution in [2.24, 2.45) is 5.92 Å². The summed E-state index contributed by atoms with van der Waals surface area (Å²) < 4.78 is 13.2. The first kappa shape index (κ1) is 16.4. The zero-order valence-electron chi connectivity index (χ0n) is 11.8. The van der Waals surface area contributed by atoms with Gasteiger partial charge in [0.2, 0.25) is 0 Å². The highest BCUT2D eigenvalue weighted by molar-refractivity contribution is 5.85. The predicted octanol–water partition coefficient (Wildman–Crippen LogP) is 2.99. The Balaban J connectivity index is 0.00000180. The van der Waals surface area contributed by atoms with Gasteiger partial charge in [-0.15, -0.1) is 12.4 Å². The monoisotopic (exact) mass is 286 g/mol. The molecule has 1 aromatic carbocycles.